The molecule has 1 unspecified atom stereocenters. The number of carbonyl (C=O) groups excluding carboxylic acids is 1. The fraction of sp³-hybridized carbons (Fsp3) is 0.435. The summed E-state index contributed by atoms with van der Waals surface area (Å²) in [6.45, 7) is 8.42. The summed E-state index contributed by atoms with van der Waals surface area (Å²) in [6.07, 6.45) is 0.160. The topological polar surface area (TPSA) is 84.9 Å². The number of carbonyl (C=O) groups is 1. The zero-order valence-corrected chi connectivity index (χ0v) is 20.5. The van der Waals surface area contributed by atoms with Gasteiger partial charge in [-0.15, -0.1) is 0 Å². The number of hydrogen-bond acceptors (Lipinski definition) is 5. The van der Waals surface area contributed by atoms with E-state index in [2.05, 4.69) is 5.32 Å². The van der Waals surface area contributed by atoms with Gasteiger partial charge in [0.1, 0.15) is 18.1 Å². The Morgan fingerprint density at radius 2 is 1.97 bits per heavy atom. The molecule has 7 nitrogen and oxygen atoms in total. The van der Waals surface area contributed by atoms with E-state index in [4.69, 9.17) is 21.1 Å². The molecule has 174 valence electrons. The van der Waals surface area contributed by atoms with E-state index in [-0.39, 0.29) is 25.1 Å². The molecule has 0 saturated heterocycles. The number of ether oxygens (including phenoxy) is 2. The average molecular weight is 481 g/mol. The Labute approximate surface area is 194 Å². The number of hydrogen-bond donors (Lipinski definition) is 1. The van der Waals surface area contributed by atoms with Crippen molar-refractivity contribution < 1.29 is 22.7 Å². The van der Waals surface area contributed by atoms with Gasteiger partial charge in [0.15, 0.2) is 6.10 Å². The number of benzene rings is 2. The molecular formula is C23H29ClN2O5S. The highest BCUT2D eigenvalue weighted by Gasteiger charge is 2.35. The number of amides is 1. The van der Waals surface area contributed by atoms with E-state index in [0.717, 1.165) is 17.4 Å². The standard InChI is InChI=1S/C23H29ClN2O5S/c1-15-6-8-17(13-18(15)24)30-11-10-25-22(27)21-14-26(32(5,28)29)19-12-16(23(2,3)4)7-9-20(19)31-21/h6-9,12-13,21H,10-11,14H2,1-5H3,(H,25,27). The van der Waals surface area contributed by atoms with Gasteiger partial charge in [0.05, 0.1) is 25.0 Å². The first kappa shape index (κ1) is 24.2. The third kappa shape index (κ3) is 5.66. The van der Waals surface area contributed by atoms with Gasteiger partial charge in [0.25, 0.3) is 5.91 Å². The normalized spacial score (nSPS) is 16.2. The van der Waals surface area contributed by atoms with Crippen LogP contribution in [0.3, 0.4) is 0 Å². The molecule has 1 aliphatic heterocycles. The van der Waals surface area contributed by atoms with Crippen molar-refractivity contribution in [2.24, 2.45) is 0 Å². The van der Waals surface area contributed by atoms with E-state index >= 15 is 0 Å². The highest BCUT2D eigenvalue weighted by molar-refractivity contribution is 7.92. The summed E-state index contributed by atoms with van der Waals surface area (Å²) in [5.74, 6) is 0.561. The van der Waals surface area contributed by atoms with Gasteiger partial charge in [-0.05, 0) is 47.7 Å². The molecule has 0 spiro atoms. The Balaban J connectivity index is 1.67. The quantitative estimate of drug-likeness (QED) is 0.637. The summed E-state index contributed by atoms with van der Waals surface area (Å²) in [7, 11) is -3.60. The lowest BCUT2D eigenvalue weighted by Gasteiger charge is -2.35. The maximum absolute atomic E-state index is 12.7. The zero-order chi connectivity index (χ0) is 23.7. The second-order valence-electron chi connectivity index (χ2n) is 8.88. The molecule has 0 radical (unpaired) electrons. The van der Waals surface area contributed by atoms with Crippen molar-refractivity contribution in [2.45, 2.75) is 39.2 Å². The number of halogens is 1. The van der Waals surface area contributed by atoms with Crippen LogP contribution in [0.4, 0.5) is 5.69 Å². The molecule has 2 aromatic carbocycles. The van der Waals surface area contributed by atoms with Crippen molar-refractivity contribution in [3.05, 3.63) is 52.5 Å². The van der Waals surface area contributed by atoms with E-state index < -0.39 is 22.0 Å². The number of fused-ring (bicyclic) bond motifs is 1. The fourth-order valence-corrected chi connectivity index (χ4v) is 4.37. The van der Waals surface area contributed by atoms with Crippen LogP contribution in [-0.4, -0.2) is 46.4 Å². The van der Waals surface area contributed by atoms with Gasteiger partial charge < -0.3 is 14.8 Å². The summed E-state index contributed by atoms with van der Waals surface area (Å²) >= 11 is 6.08. The number of aryl methyl sites for hydroxylation is 1. The lowest BCUT2D eigenvalue weighted by Crippen LogP contribution is -2.51. The molecule has 0 fully saturated rings. The lowest BCUT2D eigenvalue weighted by molar-refractivity contribution is -0.127. The monoisotopic (exact) mass is 480 g/mol. The molecule has 1 N–H and O–H groups in total. The molecule has 0 aliphatic carbocycles. The van der Waals surface area contributed by atoms with E-state index in [1.54, 1.807) is 18.2 Å². The zero-order valence-electron chi connectivity index (χ0n) is 18.9. The van der Waals surface area contributed by atoms with Crippen LogP contribution in [0.25, 0.3) is 0 Å². The third-order valence-corrected chi connectivity index (χ3v) is 6.75. The van der Waals surface area contributed by atoms with Gasteiger partial charge in [-0.3, -0.25) is 9.10 Å². The Bertz CT molecular complexity index is 1110. The van der Waals surface area contributed by atoms with E-state index in [0.29, 0.717) is 22.2 Å². The Hall–Kier alpha value is -2.45. The molecule has 3 rings (SSSR count). The van der Waals surface area contributed by atoms with Crippen LogP contribution in [0.5, 0.6) is 11.5 Å². The molecule has 9 heteroatoms. The third-order valence-electron chi connectivity index (χ3n) is 5.20. The maximum atomic E-state index is 12.7. The predicted molar refractivity (Wildman–Crippen MR) is 126 cm³/mol. The smallest absolute Gasteiger partial charge is 0.263 e. The molecule has 2 aromatic rings. The Morgan fingerprint density at radius 1 is 1.25 bits per heavy atom. The summed E-state index contributed by atoms with van der Waals surface area (Å²) in [6, 6.07) is 10.8. The van der Waals surface area contributed by atoms with Crippen molar-refractivity contribution in [1.82, 2.24) is 5.32 Å². The minimum absolute atomic E-state index is 0.0975. The van der Waals surface area contributed by atoms with Crippen molar-refractivity contribution in [3.8, 4) is 11.5 Å². The number of rotatable bonds is 6. The van der Waals surface area contributed by atoms with Crippen LogP contribution in [0.2, 0.25) is 5.02 Å². The number of anilines is 1. The molecule has 1 amide bonds. The molecule has 0 saturated carbocycles. The van der Waals surface area contributed by atoms with Crippen molar-refractivity contribution in [1.29, 1.82) is 0 Å². The SMILES string of the molecule is Cc1ccc(OCCNC(=O)C2CN(S(C)(=O)=O)c3cc(C(C)(C)C)ccc3O2)cc1Cl. The van der Waals surface area contributed by atoms with E-state index in [1.165, 1.54) is 4.31 Å². The summed E-state index contributed by atoms with van der Waals surface area (Å²) in [5, 5.41) is 3.35. The molecule has 1 heterocycles. The van der Waals surface area contributed by atoms with Gasteiger partial charge in [-0.1, -0.05) is 44.5 Å². The van der Waals surface area contributed by atoms with Crippen LogP contribution >= 0.6 is 11.6 Å². The molecule has 1 atom stereocenters. The van der Waals surface area contributed by atoms with Gasteiger partial charge in [0, 0.05) is 5.02 Å². The molecule has 0 bridgehead atoms. The molecule has 0 aromatic heterocycles. The summed E-state index contributed by atoms with van der Waals surface area (Å²) < 4.78 is 37.6. The van der Waals surface area contributed by atoms with Crippen LogP contribution in [0.1, 0.15) is 31.9 Å². The lowest BCUT2D eigenvalue weighted by atomic mass is 9.86. The van der Waals surface area contributed by atoms with Crippen molar-refractivity contribution >= 4 is 33.2 Å². The highest BCUT2D eigenvalue weighted by Crippen LogP contribution is 2.38. The Morgan fingerprint density at radius 3 is 2.59 bits per heavy atom. The van der Waals surface area contributed by atoms with E-state index in [9.17, 15) is 13.2 Å². The second-order valence-corrected chi connectivity index (χ2v) is 11.2. The highest BCUT2D eigenvalue weighted by atomic mass is 35.5. The maximum Gasteiger partial charge on any atom is 0.263 e. The molecule has 32 heavy (non-hydrogen) atoms. The molecule has 1 aliphatic rings. The van der Waals surface area contributed by atoms with Crippen LogP contribution in [-0.2, 0) is 20.2 Å². The van der Waals surface area contributed by atoms with Gasteiger partial charge in [-0.25, -0.2) is 8.42 Å². The van der Waals surface area contributed by atoms with E-state index in [1.807, 2.05) is 45.9 Å². The van der Waals surface area contributed by atoms with Crippen LogP contribution < -0.4 is 19.1 Å². The summed E-state index contributed by atoms with van der Waals surface area (Å²) in [5.41, 5.74) is 2.22. The predicted octanol–water partition coefficient (Wildman–Crippen LogP) is 3.67. The first-order chi connectivity index (χ1) is 14.9. The minimum Gasteiger partial charge on any atom is -0.492 e. The van der Waals surface area contributed by atoms with Crippen molar-refractivity contribution in [3.63, 3.8) is 0 Å². The van der Waals surface area contributed by atoms with Gasteiger partial charge in [0.2, 0.25) is 10.0 Å². The van der Waals surface area contributed by atoms with Crippen LogP contribution in [0.15, 0.2) is 36.4 Å². The average Bonchev–Trinajstić information content (AvgIpc) is 2.70. The fourth-order valence-electron chi connectivity index (χ4n) is 3.29. The minimum atomic E-state index is -3.60. The van der Waals surface area contributed by atoms with Crippen LogP contribution in [0, 0.1) is 6.92 Å². The Kier molecular flexibility index (Phi) is 6.95. The first-order valence-electron chi connectivity index (χ1n) is 10.3. The second kappa shape index (κ2) is 9.19. The first-order valence-corrected chi connectivity index (χ1v) is 12.5. The molecular weight excluding hydrogens is 452 g/mol. The largest absolute Gasteiger partial charge is 0.492 e. The van der Waals surface area contributed by atoms with Gasteiger partial charge >= 0.3 is 0 Å². The van der Waals surface area contributed by atoms with Gasteiger partial charge in [-0.2, -0.15) is 0 Å². The van der Waals surface area contributed by atoms with Crippen molar-refractivity contribution in [2.75, 3.05) is 30.3 Å². The number of sulfonamides is 1. The number of nitrogens with zero attached hydrogens (tertiary/aromatic N) is 1. The summed E-state index contributed by atoms with van der Waals surface area (Å²) in [4.78, 5) is 12.7. The number of nitrogens with one attached hydrogen (secondary N) is 1.